The van der Waals surface area contributed by atoms with Crippen molar-refractivity contribution in [2.75, 3.05) is 28.2 Å². The Hall–Kier alpha value is -2.34. The van der Waals surface area contributed by atoms with Crippen LogP contribution in [-0.4, -0.2) is 28.4 Å². The summed E-state index contributed by atoms with van der Waals surface area (Å²) < 4.78 is 0. The highest BCUT2D eigenvalue weighted by atomic mass is 32.2. The van der Waals surface area contributed by atoms with Gasteiger partial charge >= 0.3 is 5.97 Å². The van der Waals surface area contributed by atoms with E-state index in [1.165, 1.54) is 0 Å². The molecule has 1 aliphatic rings. The molecule has 1 heterocycles. The van der Waals surface area contributed by atoms with Gasteiger partial charge in [-0.25, -0.2) is 0 Å². The van der Waals surface area contributed by atoms with Crippen molar-refractivity contribution in [1.82, 2.24) is 0 Å². The molecule has 0 saturated carbocycles. The lowest BCUT2D eigenvalue weighted by molar-refractivity contribution is -0.137. The number of carboxylic acids is 1. The SMILES string of the molecule is O=C(O)CC1(SCCCNc2ccccc2)Nc2ccccc2N1. The molecule has 5 nitrogen and oxygen atoms in total. The zero-order valence-corrected chi connectivity index (χ0v) is 14.1. The minimum atomic E-state index is -0.822. The predicted octanol–water partition coefficient (Wildman–Crippen LogP) is 3.89. The number of carbonyl (C=O) groups is 1. The van der Waals surface area contributed by atoms with Crippen LogP contribution in [0.3, 0.4) is 0 Å². The third kappa shape index (κ3) is 4.14. The van der Waals surface area contributed by atoms with Crippen LogP contribution in [0, 0.1) is 0 Å². The Kier molecular flexibility index (Phi) is 5.15. The van der Waals surface area contributed by atoms with Gasteiger partial charge in [0.1, 0.15) is 0 Å². The van der Waals surface area contributed by atoms with Crippen LogP contribution in [0.25, 0.3) is 0 Å². The van der Waals surface area contributed by atoms with Gasteiger partial charge in [-0.2, -0.15) is 0 Å². The molecular formula is C18H21N3O2S. The topological polar surface area (TPSA) is 73.4 Å². The molecule has 2 aromatic carbocycles. The van der Waals surface area contributed by atoms with E-state index in [2.05, 4.69) is 16.0 Å². The fourth-order valence-corrected chi connectivity index (χ4v) is 3.93. The van der Waals surface area contributed by atoms with Crippen molar-refractivity contribution >= 4 is 34.8 Å². The zero-order valence-electron chi connectivity index (χ0n) is 13.3. The second-order valence-corrected chi connectivity index (χ2v) is 7.08. The number of benzene rings is 2. The number of carboxylic acid groups (broad SMARTS) is 1. The third-order valence-electron chi connectivity index (χ3n) is 3.77. The summed E-state index contributed by atoms with van der Waals surface area (Å²) in [6.07, 6.45) is 0.957. The number of fused-ring (bicyclic) bond motifs is 1. The normalized spacial score (nSPS) is 14.3. The summed E-state index contributed by atoms with van der Waals surface area (Å²) in [6.45, 7) is 0.854. The molecule has 0 saturated heterocycles. The van der Waals surface area contributed by atoms with E-state index in [-0.39, 0.29) is 6.42 Å². The Bertz CT molecular complexity index is 669. The molecular weight excluding hydrogens is 322 g/mol. The molecule has 3 rings (SSSR count). The molecule has 0 aromatic heterocycles. The Morgan fingerprint density at radius 1 is 1.04 bits per heavy atom. The first-order valence-corrected chi connectivity index (χ1v) is 8.95. The lowest BCUT2D eigenvalue weighted by atomic mass is 10.3. The summed E-state index contributed by atoms with van der Waals surface area (Å²) in [6, 6.07) is 17.9. The molecule has 0 amide bonds. The van der Waals surface area contributed by atoms with Crippen molar-refractivity contribution in [2.24, 2.45) is 0 Å². The van der Waals surface area contributed by atoms with E-state index in [4.69, 9.17) is 0 Å². The number of para-hydroxylation sites is 3. The second-order valence-electron chi connectivity index (χ2n) is 5.69. The van der Waals surface area contributed by atoms with Crippen LogP contribution in [0.4, 0.5) is 17.1 Å². The molecule has 0 radical (unpaired) electrons. The average molecular weight is 343 g/mol. The lowest BCUT2D eigenvalue weighted by Gasteiger charge is -2.28. The summed E-state index contributed by atoms with van der Waals surface area (Å²) in [5.74, 6) is 0.0268. The molecule has 0 bridgehead atoms. The first-order chi connectivity index (χ1) is 11.7. The van der Waals surface area contributed by atoms with Crippen LogP contribution >= 0.6 is 11.8 Å². The summed E-state index contributed by atoms with van der Waals surface area (Å²) in [7, 11) is 0. The Morgan fingerprint density at radius 2 is 1.67 bits per heavy atom. The van der Waals surface area contributed by atoms with E-state index in [9.17, 15) is 9.90 Å². The molecule has 1 aliphatic heterocycles. The molecule has 0 spiro atoms. The average Bonchev–Trinajstić information content (AvgIpc) is 2.92. The number of rotatable bonds is 8. The third-order valence-corrected chi connectivity index (χ3v) is 5.11. The lowest BCUT2D eigenvalue weighted by Crippen LogP contribution is -2.41. The molecule has 6 heteroatoms. The maximum atomic E-state index is 11.3. The van der Waals surface area contributed by atoms with Crippen LogP contribution < -0.4 is 16.0 Å². The van der Waals surface area contributed by atoms with Crippen molar-refractivity contribution in [3.8, 4) is 0 Å². The van der Waals surface area contributed by atoms with E-state index in [0.29, 0.717) is 0 Å². The van der Waals surface area contributed by atoms with E-state index in [0.717, 1.165) is 35.8 Å². The number of aliphatic carboxylic acids is 1. The maximum Gasteiger partial charge on any atom is 0.308 e. The fourth-order valence-electron chi connectivity index (χ4n) is 2.70. The van der Waals surface area contributed by atoms with Crippen molar-refractivity contribution in [2.45, 2.75) is 17.8 Å². The van der Waals surface area contributed by atoms with Gasteiger partial charge in [-0.05, 0) is 36.4 Å². The predicted molar refractivity (Wildman–Crippen MR) is 101 cm³/mol. The quantitative estimate of drug-likeness (QED) is 0.545. The molecule has 2 aromatic rings. The fraction of sp³-hybridized carbons (Fsp3) is 0.278. The number of hydrogen-bond acceptors (Lipinski definition) is 5. The zero-order chi connectivity index (χ0) is 16.8. The van der Waals surface area contributed by atoms with Gasteiger partial charge in [0.25, 0.3) is 0 Å². The molecule has 0 aliphatic carbocycles. The summed E-state index contributed by atoms with van der Waals surface area (Å²) in [5, 5.41) is 19.3. The first kappa shape index (κ1) is 16.5. The van der Waals surface area contributed by atoms with E-state index in [1.54, 1.807) is 11.8 Å². The minimum Gasteiger partial charge on any atom is -0.481 e. The van der Waals surface area contributed by atoms with Crippen LogP contribution in [0.1, 0.15) is 12.8 Å². The van der Waals surface area contributed by atoms with Crippen LogP contribution in [0.5, 0.6) is 0 Å². The van der Waals surface area contributed by atoms with Crippen LogP contribution in [0.2, 0.25) is 0 Å². The second kappa shape index (κ2) is 7.49. The van der Waals surface area contributed by atoms with Gasteiger partial charge in [0, 0.05) is 12.2 Å². The highest BCUT2D eigenvalue weighted by Crippen LogP contribution is 2.41. The van der Waals surface area contributed by atoms with Gasteiger partial charge in [-0.1, -0.05) is 30.3 Å². The van der Waals surface area contributed by atoms with E-state index < -0.39 is 11.0 Å². The molecule has 24 heavy (non-hydrogen) atoms. The van der Waals surface area contributed by atoms with Crippen molar-refractivity contribution in [3.63, 3.8) is 0 Å². The van der Waals surface area contributed by atoms with Crippen LogP contribution in [-0.2, 0) is 4.79 Å². The molecule has 4 N–H and O–H groups in total. The van der Waals surface area contributed by atoms with Gasteiger partial charge in [-0.15, -0.1) is 11.8 Å². The summed E-state index contributed by atoms with van der Waals surface area (Å²) in [5.41, 5.74) is 3.01. The molecule has 0 atom stereocenters. The monoisotopic (exact) mass is 343 g/mol. The first-order valence-electron chi connectivity index (χ1n) is 7.97. The summed E-state index contributed by atoms with van der Waals surface area (Å²) in [4.78, 5) is 10.6. The van der Waals surface area contributed by atoms with Crippen molar-refractivity contribution < 1.29 is 9.90 Å². The van der Waals surface area contributed by atoms with Gasteiger partial charge in [0.05, 0.1) is 17.8 Å². The smallest absolute Gasteiger partial charge is 0.308 e. The van der Waals surface area contributed by atoms with Gasteiger partial charge in [-0.3, -0.25) is 4.79 Å². The Morgan fingerprint density at radius 3 is 2.29 bits per heavy atom. The molecule has 0 unspecified atom stereocenters. The number of thioether (sulfide) groups is 1. The standard InChI is InChI=1S/C18H21N3O2S/c22-17(23)13-18(20-15-9-4-5-10-16(15)21-18)24-12-6-11-19-14-7-2-1-3-8-14/h1-5,7-10,19-21H,6,11-13H2,(H,22,23). The van der Waals surface area contributed by atoms with Crippen LogP contribution in [0.15, 0.2) is 54.6 Å². The summed E-state index contributed by atoms with van der Waals surface area (Å²) >= 11 is 1.61. The van der Waals surface area contributed by atoms with Gasteiger partial charge < -0.3 is 21.1 Å². The number of hydrogen-bond donors (Lipinski definition) is 4. The van der Waals surface area contributed by atoms with Crippen molar-refractivity contribution in [3.05, 3.63) is 54.6 Å². The van der Waals surface area contributed by atoms with Crippen molar-refractivity contribution in [1.29, 1.82) is 0 Å². The maximum absolute atomic E-state index is 11.3. The minimum absolute atomic E-state index is 0.0124. The highest BCUT2D eigenvalue weighted by Gasteiger charge is 2.38. The Labute approximate surface area is 145 Å². The Balaban J connectivity index is 1.52. The van der Waals surface area contributed by atoms with E-state index >= 15 is 0 Å². The molecule has 126 valence electrons. The molecule has 0 fully saturated rings. The van der Waals surface area contributed by atoms with Gasteiger partial charge in [0.15, 0.2) is 4.99 Å². The number of anilines is 3. The highest BCUT2D eigenvalue weighted by molar-refractivity contribution is 8.00. The largest absolute Gasteiger partial charge is 0.481 e. The number of nitrogens with one attached hydrogen (secondary N) is 3. The van der Waals surface area contributed by atoms with E-state index in [1.807, 2.05) is 54.6 Å². The van der Waals surface area contributed by atoms with Gasteiger partial charge in [0.2, 0.25) is 0 Å².